The molecule has 1 aromatic heterocycles. The molecule has 15 heteroatoms. The van der Waals surface area contributed by atoms with Crippen LogP contribution in [0.2, 0.25) is 0 Å². The number of thioether (sulfide) groups is 1. The van der Waals surface area contributed by atoms with Gasteiger partial charge in [0.15, 0.2) is 0 Å². The van der Waals surface area contributed by atoms with E-state index in [1.807, 2.05) is 0 Å². The molecule has 39 heavy (non-hydrogen) atoms. The molecule has 14 nitrogen and oxygen atoms in total. The maximum atomic E-state index is 13.0. The first-order chi connectivity index (χ1) is 17.9. The zero-order valence-corrected chi connectivity index (χ0v) is 24.1. The third kappa shape index (κ3) is 14.2. The Hall–Kier alpha value is -3.62. The Labute approximate surface area is 231 Å². The molecule has 1 aromatic rings. The molecule has 4 amide bonds. The van der Waals surface area contributed by atoms with Gasteiger partial charge >= 0.3 is 12.1 Å². The largest absolute Gasteiger partial charge is 0.454 e. The van der Waals surface area contributed by atoms with Crippen molar-refractivity contribution in [2.45, 2.75) is 84.6 Å². The summed E-state index contributed by atoms with van der Waals surface area (Å²) in [5, 5.41) is 6.87. The zero-order chi connectivity index (χ0) is 30.0. The molecule has 1 rings (SSSR count). The van der Waals surface area contributed by atoms with E-state index in [9.17, 15) is 28.8 Å². The molecule has 218 valence electrons. The second kappa shape index (κ2) is 14.5. The fourth-order valence-electron chi connectivity index (χ4n) is 2.87. The summed E-state index contributed by atoms with van der Waals surface area (Å²) in [5.41, 5.74) is 4.20. The lowest BCUT2D eigenvalue weighted by molar-refractivity contribution is -0.125. The Kier molecular flexibility index (Phi) is 12.4. The summed E-state index contributed by atoms with van der Waals surface area (Å²) < 4.78 is 10.4. The van der Waals surface area contributed by atoms with E-state index >= 15 is 0 Å². The number of primary amides is 1. The summed E-state index contributed by atoms with van der Waals surface area (Å²) >= 11 is 0.695. The normalized spacial score (nSPS) is 13.0. The Morgan fingerprint density at radius 3 is 2.15 bits per heavy atom. The number of hydrogen-bond donors (Lipinski definition) is 5. The molecular formula is C24H38N6O8S. The number of ether oxygens (including phenoxy) is 2. The van der Waals surface area contributed by atoms with Crippen LogP contribution < -0.4 is 21.7 Å². The number of aromatic amines is 1. The van der Waals surface area contributed by atoms with E-state index < -0.39 is 58.2 Å². The van der Waals surface area contributed by atoms with Crippen LogP contribution in [0.25, 0.3) is 0 Å². The summed E-state index contributed by atoms with van der Waals surface area (Å²) in [6.45, 7) is 11.4. The first kappa shape index (κ1) is 33.4. The van der Waals surface area contributed by atoms with Gasteiger partial charge in [-0.2, -0.15) is 0 Å². The highest BCUT2D eigenvalue weighted by Gasteiger charge is 2.27. The van der Waals surface area contributed by atoms with Crippen LogP contribution in [0.5, 0.6) is 0 Å². The Bertz CT molecular complexity index is 1060. The van der Waals surface area contributed by atoms with E-state index in [0.29, 0.717) is 17.5 Å². The third-order valence-electron chi connectivity index (χ3n) is 4.40. The SMILES string of the molecule is CC(=O)N[C@@H](CSC(=O)[C@H](Cc1cnc(C(=O)OC(C)(C)C)[nH]1)NC(=O)CCNC(=O)OC(C)(C)C)C(N)=O. The average molecular weight is 571 g/mol. The van der Waals surface area contributed by atoms with Gasteiger partial charge in [-0.3, -0.25) is 19.2 Å². The molecule has 0 unspecified atom stereocenters. The summed E-state index contributed by atoms with van der Waals surface area (Å²) in [5.74, 6) is -2.80. The summed E-state index contributed by atoms with van der Waals surface area (Å²) in [6.07, 6.45) is 0.412. The van der Waals surface area contributed by atoms with Gasteiger partial charge in [0.25, 0.3) is 0 Å². The fraction of sp³-hybridized carbons (Fsp3) is 0.625. The molecule has 0 saturated heterocycles. The number of amides is 4. The number of rotatable bonds is 12. The molecule has 0 aromatic carbocycles. The van der Waals surface area contributed by atoms with Crippen molar-refractivity contribution < 1.29 is 38.2 Å². The van der Waals surface area contributed by atoms with Crippen molar-refractivity contribution in [2.75, 3.05) is 12.3 Å². The molecular weight excluding hydrogens is 532 g/mol. The molecule has 0 bridgehead atoms. The monoisotopic (exact) mass is 570 g/mol. The van der Waals surface area contributed by atoms with Crippen LogP contribution in [0.15, 0.2) is 6.20 Å². The number of imidazole rings is 1. The maximum Gasteiger partial charge on any atom is 0.407 e. The number of H-pyrrole nitrogens is 1. The van der Waals surface area contributed by atoms with E-state index in [4.69, 9.17) is 15.2 Å². The zero-order valence-electron chi connectivity index (χ0n) is 23.3. The van der Waals surface area contributed by atoms with Crippen molar-refractivity contribution >= 4 is 46.7 Å². The van der Waals surface area contributed by atoms with Crippen molar-refractivity contribution in [3.63, 3.8) is 0 Å². The van der Waals surface area contributed by atoms with Crippen LogP contribution in [0.4, 0.5) is 4.79 Å². The lowest BCUT2D eigenvalue weighted by atomic mass is 10.2. The van der Waals surface area contributed by atoms with Crippen LogP contribution in [-0.2, 0) is 35.1 Å². The van der Waals surface area contributed by atoms with E-state index in [-0.39, 0.29) is 31.0 Å². The topological polar surface area (TPSA) is 212 Å². The van der Waals surface area contributed by atoms with Crippen LogP contribution in [0.1, 0.15) is 71.2 Å². The number of nitrogens with zero attached hydrogens (tertiary/aromatic N) is 1. The lowest BCUT2D eigenvalue weighted by Gasteiger charge is -2.20. The third-order valence-corrected chi connectivity index (χ3v) is 5.47. The van der Waals surface area contributed by atoms with Crippen molar-refractivity contribution in [1.29, 1.82) is 0 Å². The summed E-state index contributed by atoms with van der Waals surface area (Å²) in [7, 11) is 0. The minimum atomic E-state index is -1.11. The number of aromatic nitrogens is 2. The van der Waals surface area contributed by atoms with Crippen LogP contribution in [0, 0.1) is 0 Å². The molecule has 0 aliphatic carbocycles. The van der Waals surface area contributed by atoms with Crippen molar-refractivity contribution in [3.05, 3.63) is 17.7 Å². The van der Waals surface area contributed by atoms with E-state index in [0.717, 1.165) is 0 Å². The molecule has 0 radical (unpaired) electrons. The minimum Gasteiger partial charge on any atom is -0.454 e. The second-order valence-corrected chi connectivity index (χ2v) is 11.6. The molecule has 1 heterocycles. The van der Waals surface area contributed by atoms with Gasteiger partial charge in [0, 0.05) is 44.0 Å². The van der Waals surface area contributed by atoms with Gasteiger partial charge in [-0.05, 0) is 41.5 Å². The number of hydrogen-bond acceptors (Lipinski definition) is 10. The Balaban J connectivity index is 2.93. The predicted molar refractivity (Wildman–Crippen MR) is 143 cm³/mol. The molecule has 0 fully saturated rings. The van der Waals surface area contributed by atoms with Crippen molar-refractivity contribution in [2.24, 2.45) is 5.73 Å². The Morgan fingerprint density at radius 1 is 1.00 bits per heavy atom. The number of alkyl carbamates (subject to hydrolysis) is 1. The molecule has 0 saturated carbocycles. The molecule has 2 atom stereocenters. The highest BCUT2D eigenvalue weighted by molar-refractivity contribution is 8.13. The lowest BCUT2D eigenvalue weighted by Crippen LogP contribution is -2.47. The second-order valence-electron chi connectivity index (χ2n) is 10.5. The fourth-order valence-corrected chi connectivity index (χ4v) is 3.79. The first-order valence-electron chi connectivity index (χ1n) is 12.1. The van der Waals surface area contributed by atoms with Crippen molar-refractivity contribution in [3.8, 4) is 0 Å². The van der Waals surface area contributed by atoms with Gasteiger partial charge < -0.3 is 36.1 Å². The highest BCUT2D eigenvalue weighted by atomic mass is 32.2. The predicted octanol–water partition coefficient (Wildman–Crippen LogP) is 0.557. The maximum absolute atomic E-state index is 13.0. The number of nitrogens with two attached hydrogens (primary N) is 1. The van der Waals surface area contributed by atoms with Crippen LogP contribution in [-0.4, -0.2) is 80.5 Å². The molecule has 0 aliphatic heterocycles. The molecule has 0 aliphatic rings. The van der Waals surface area contributed by atoms with Crippen LogP contribution in [0.3, 0.4) is 0 Å². The minimum absolute atomic E-state index is 0.0477. The quantitative estimate of drug-likeness (QED) is 0.220. The van der Waals surface area contributed by atoms with E-state index in [1.165, 1.54) is 13.1 Å². The Morgan fingerprint density at radius 2 is 1.62 bits per heavy atom. The van der Waals surface area contributed by atoms with Crippen molar-refractivity contribution in [1.82, 2.24) is 25.9 Å². The molecule has 6 N–H and O–H groups in total. The number of carbonyl (C=O) groups is 6. The van der Waals surface area contributed by atoms with Gasteiger partial charge in [-0.1, -0.05) is 11.8 Å². The highest BCUT2D eigenvalue weighted by Crippen LogP contribution is 2.14. The van der Waals surface area contributed by atoms with Gasteiger partial charge in [0.2, 0.25) is 28.7 Å². The summed E-state index contributed by atoms with van der Waals surface area (Å²) in [4.78, 5) is 79.4. The number of carbonyl (C=O) groups excluding carboxylic acids is 6. The smallest absolute Gasteiger partial charge is 0.407 e. The number of esters is 1. The van der Waals surface area contributed by atoms with Gasteiger partial charge in [-0.15, -0.1) is 0 Å². The van der Waals surface area contributed by atoms with E-state index in [1.54, 1.807) is 41.5 Å². The average Bonchev–Trinajstić information content (AvgIpc) is 3.22. The van der Waals surface area contributed by atoms with Crippen LogP contribution >= 0.6 is 11.8 Å². The van der Waals surface area contributed by atoms with Gasteiger partial charge in [-0.25, -0.2) is 14.6 Å². The first-order valence-corrected chi connectivity index (χ1v) is 13.1. The van der Waals surface area contributed by atoms with Gasteiger partial charge in [0.1, 0.15) is 23.3 Å². The summed E-state index contributed by atoms with van der Waals surface area (Å²) in [6, 6.07) is -2.21. The molecule has 0 spiro atoms. The van der Waals surface area contributed by atoms with Gasteiger partial charge in [0.05, 0.1) is 0 Å². The standard InChI is InChI=1S/C24H38N6O8S/c1-13(31)28-16(18(25)33)12-39-21(35)15(30-17(32)8-9-26-22(36)38-24(5,6)7)10-14-11-27-19(29-14)20(34)37-23(2,3)4/h11,15-16H,8-10,12H2,1-7H3,(H2,25,33)(H,26,36)(H,27,29)(H,28,31)(H,30,32)/t15-,16-/m0/s1. The number of nitrogens with one attached hydrogen (secondary N) is 4. The van der Waals surface area contributed by atoms with E-state index in [2.05, 4.69) is 25.9 Å².